The molecule has 0 aromatic heterocycles. The van der Waals surface area contributed by atoms with Crippen molar-refractivity contribution in [1.29, 1.82) is 0 Å². The summed E-state index contributed by atoms with van der Waals surface area (Å²) in [5.74, 6) is -0.397. The predicted molar refractivity (Wildman–Crippen MR) is 68.0 cm³/mol. The summed E-state index contributed by atoms with van der Waals surface area (Å²) in [6, 6.07) is 4.61. The molecule has 0 heterocycles. The van der Waals surface area contributed by atoms with Crippen LogP contribution in [0.1, 0.15) is 26.3 Å². The van der Waals surface area contributed by atoms with Gasteiger partial charge in [0.15, 0.2) is 0 Å². The van der Waals surface area contributed by atoms with Crippen molar-refractivity contribution in [3.05, 3.63) is 34.9 Å². The number of aromatic hydroxyl groups is 1. The third-order valence-electron chi connectivity index (χ3n) is 1.80. The molecule has 0 atom stereocenters. The van der Waals surface area contributed by atoms with Crippen LogP contribution < -0.4 is 0 Å². The number of carbonyl (C=O) groups is 1. The molecular weight excluding hydrogens is 240 g/mol. The van der Waals surface area contributed by atoms with E-state index in [1.165, 1.54) is 18.2 Å². The van der Waals surface area contributed by atoms with Gasteiger partial charge < -0.3 is 9.84 Å². The number of esters is 1. The Labute approximate surface area is 106 Å². The van der Waals surface area contributed by atoms with Gasteiger partial charge in [0.2, 0.25) is 0 Å². The van der Waals surface area contributed by atoms with E-state index in [1.54, 1.807) is 32.9 Å². The molecule has 0 unspecified atom stereocenters. The molecule has 1 aromatic rings. The van der Waals surface area contributed by atoms with Crippen LogP contribution in [0.5, 0.6) is 5.75 Å². The van der Waals surface area contributed by atoms with Crippen LogP contribution in [0.15, 0.2) is 24.3 Å². The topological polar surface area (TPSA) is 46.5 Å². The van der Waals surface area contributed by atoms with Gasteiger partial charge in [0.25, 0.3) is 0 Å². The Morgan fingerprint density at radius 1 is 1.41 bits per heavy atom. The number of benzene rings is 1. The van der Waals surface area contributed by atoms with Gasteiger partial charge in [-0.15, -0.1) is 0 Å². The van der Waals surface area contributed by atoms with Gasteiger partial charge in [0.1, 0.15) is 11.4 Å². The van der Waals surface area contributed by atoms with Crippen LogP contribution in [-0.4, -0.2) is 16.7 Å². The zero-order valence-corrected chi connectivity index (χ0v) is 10.8. The number of phenols is 1. The Balaban J connectivity index is 2.77. The highest BCUT2D eigenvalue weighted by atomic mass is 35.5. The third kappa shape index (κ3) is 4.91. The molecule has 0 radical (unpaired) electrons. The highest BCUT2D eigenvalue weighted by Crippen LogP contribution is 2.22. The SMILES string of the molecule is CC(C)(C)OC(=O)C=Cc1cc(Cl)ccc1O. The number of carbonyl (C=O) groups excluding carboxylic acids is 1. The van der Waals surface area contributed by atoms with E-state index in [4.69, 9.17) is 16.3 Å². The summed E-state index contributed by atoms with van der Waals surface area (Å²) in [7, 11) is 0. The number of ether oxygens (including phenoxy) is 1. The van der Waals surface area contributed by atoms with Gasteiger partial charge in [0, 0.05) is 16.7 Å². The predicted octanol–water partition coefficient (Wildman–Crippen LogP) is 3.40. The smallest absolute Gasteiger partial charge is 0.331 e. The Morgan fingerprint density at radius 3 is 2.65 bits per heavy atom. The second-order valence-electron chi connectivity index (χ2n) is 4.57. The number of hydrogen-bond acceptors (Lipinski definition) is 3. The zero-order valence-electron chi connectivity index (χ0n) is 10.0. The monoisotopic (exact) mass is 254 g/mol. The molecule has 1 aromatic carbocycles. The lowest BCUT2D eigenvalue weighted by Crippen LogP contribution is -2.22. The van der Waals surface area contributed by atoms with Crippen LogP contribution in [0, 0.1) is 0 Å². The summed E-state index contributed by atoms with van der Waals surface area (Å²) in [5.41, 5.74) is -0.0546. The second-order valence-corrected chi connectivity index (χ2v) is 5.01. The van der Waals surface area contributed by atoms with Crippen molar-refractivity contribution >= 4 is 23.6 Å². The average Bonchev–Trinajstić information content (AvgIpc) is 2.17. The molecule has 92 valence electrons. The lowest BCUT2D eigenvalue weighted by Gasteiger charge is -2.17. The van der Waals surface area contributed by atoms with Crippen LogP contribution in [0.2, 0.25) is 5.02 Å². The highest BCUT2D eigenvalue weighted by Gasteiger charge is 2.13. The minimum absolute atomic E-state index is 0.0641. The average molecular weight is 255 g/mol. The lowest BCUT2D eigenvalue weighted by atomic mass is 10.2. The molecule has 0 spiro atoms. The quantitative estimate of drug-likeness (QED) is 0.650. The van der Waals surface area contributed by atoms with Crippen LogP contribution in [0.3, 0.4) is 0 Å². The van der Waals surface area contributed by atoms with Gasteiger partial charge in [-0.1, -0.05) is 11.6 Å². The van der Waals surface area contributed by atoms with Crippen LogP contribution in [0.25, 0.3) is 6.08 Å². The van der Waals surface area contributed by atoms with E-state index in [0.29, 0.717) is 10.6 Å². The van der Waals surface area contributed by atoms with Gasteiger partial charge in [0.05, 0.1) is 0 Å². The molecule has 3 nitrogen and oxygen atoms in total. The second kappa shape index (κ2) is 5.23. The molecule has 1 rings (SSSR count). The molecule has 0 aliphatic heterocycles. The van der Waals surface area contributed by atoms with Gasteiger partial charge in [-0.05, 0) is 45.0 Å². The molecule has 17 heavy (non-hydrogen) atoms. The van der Waals surface area contributed by atoms with E-state index in [0.717, 1.165) is 0 Å². The van der Waals surface area contributed by atoms with Gasteiger partial charge in [-0.2, -0.15) is 0 Å². The van der Waals surface area contributed by atoms with E-state index in [2.05, 4.69) is 0 Å². The zero-order chi connectivity index (χ0) is 13.1. The first-order valence-electron chi connectivity index (χ1n) is 5.17. The minimum Gasteiger partial charge on any atom is -0.507 e. The normalized spacial score (nSPS) is 11.8. The number of halogens is 1. The van der Waals surface area contributed by atoms with E-state index < -0.39 is 11.6 Å². The van der Waals surface area contributed by atoms with Crippen LogP contribution >= 0.6 is 11.6 Å². The Kier molecular flexibility index (Phi) is 4.18. The first-order chi connectivity index (χ1) is 7.78. The summed E-state index contributed by atoms with van der Waals surface area (Å²) in [4.78, 5) is 11.4. The fourth-order valence-corrected chi connectivity index (χ4v) is 1.33. The fourth-order valence-electron chi connectivity index (χ4n) is 1.15. The van der Waals surface area contributed by atoms with Gasteiger partial charge in [-0.3, -0.25) is 0 Å². The van der Waals surface area contributed by atoms with Crippen molar-refractivity contribution < 1.29 is 14.6 Å². The maximum atomic E-state index is 11.4. The standard InChI is InChI=1S/C13H15ClO3/c1-13(2,3)17-12(16)7-4-9-8-10(14)5-6-11(9)15/h4-8,15H,1-3H3. The first kappa shape index (κ1) is 13.6. The van der Waals surface area contributed by atoms with Crippen molar-refractivity contribution in [2.24, 2.45) is 0 Å². The van der Waals surface area contributed by atoms with Crippen molar-refractivity contribution in [3.63, 3.8) is 0 Å². The van der Waals surface area contributed by atoms with Crippen LogP contribution in [0.4, 0.5) is 0 Å². The van der Waals surface area contributed by atoms with E-state index in [1.807, 2.05) is 0 Å². The molecule has 0 amide bonds. The van der Waals surface area contributed by atoms with Crippen LogP contribution in [-0.2, 0) is 9.53 Å². The van der Waals surface area contributed by atoms with E-state index in [-0.39, 0.29) is 5.75 Å². The summed E-state index contributed by atoms with van der Waals surface area (Å²) in [6.45, 7) is 5.36. The minimum atomic E-state index is -0.530. The fraction of sp³-hybridized carbons (Fsp3) is 0.308. The summed E-state index contributed by atoms with van der Waals surface area (Å²) in [5, 5.41) is 10.0. The van der Waals surface area contributed by atoms with Gasteiger partial charge in [-0.25, -0.2) is 4.79 Å². The first-order valence-corrected chi connectivity index (χ1v) is 5.55. The highest BCUT2D eigenvalue weighted by molar-refractivity contribution is 6.30. The summed E-state index contributed by atoms with van der Waals surface area (Å²) in [6.07, 6.45) is 2.73. The molecule has 0 fully saturated rings. The number of hydrogen-bond donors (Lipinski definition) is 1. The Hall–Kier alpha value is -1.48. The maximum Gasteiger partial charge on any atom is 0.331 e. The van der Waals surface area contributed by atoms with Crippen molar-refractivity contribution in [2.75, 3.05) is 0 Å². The van der Waals surface area contributed by atoms with Crippen molar-refractivity contribution in [1.82, 2.24) is 0 Å². The van der Waals surface area contributed by atoms with E-state index in [9.17, 15) is 9.90 Å². The molecule has 0 bridgehead atoms. The Morgan fingerprint density at radius 2 is 2.06 bits per heavy atom. The van der Waals surface area contributed by atoms with Crippen molar-refractivity contribution in [2.45, 2.75) is 26.4 Å². The summed E-state index contributed by atoms with van der Waals surface area (Å²) < 4.78 is 5.09. The molecule has 0 aliphatic rings. The molecule has 0 aliphatic carbocycles. The summed E-state index contributed by atoms with van der Waals surface area (Å²) >= 11 is 5.78. The largest absolute Gasteiger partial charge is 0.507 e. The van der Waals surface area contributed by atoms with Crippen molar-refractivity contribution in [3.8, 4) is 5.75 Å². The molecule has 0 saturated heterocycles. The van der Waals surface area contributed by atoms with Gasteiger partial charge >= 0.3 is 5.97 Å². The van der Waals surface area contributed by atoms with E-state index >= 15 is 0 Å². The number of rotatable bonds is 2. The maximum absolute atomic E-state index is 11.4. The molecule has 0 saturated carbocycles. The lowest BCUT2D eigenvalue weighted by molar-refractivity contribution is -0.148. The number of phenolic OH excluding ortho intramolecular Hbond substituents is 1. The Bertz CT molecular complexity index is 444. The molecular formula is C13H15ClO3. The third-order valence-corrected chi connectivity index (χ3v) is 2.03. The molecule has 1 N–H and O–H groups in total. The molecule has 4 heteroatoms.